The molecule has 0 aromatic heterocycles. The summed E-state index contributed by atoms with van der Waals surface area (Å²) < 4.78 is 0. The van der Waals surface area contributed by atoms with Crippen LogP contribution in [0.15, 0.2) is 0 Å². The van der Waals surface area contributed by atoms with Crippen LogP contribution in [0.2, 0.25) is 0 Å². The van der Waals surface area contributed by atoms with Gasteiger partial charge in [0.1, 0.15) is 6.29 Å². The van der Waals surface area contributed by atoms with Crippen molar-refractivity contribution in [1.82, 2.24) is 10.6 Å². The maximum Gasteiger partial charge on any atom is 0.127 e. The highest BCUT2D eigenvalue weighted by molar-refractivity contribution is 5.56. The van der Waals surface area contributed by atoms with E-state index in [2.05, 4.69) is 10.6 Å². The molecule has 1 heterocycles. The molecule has 4 heteroatoms. The molecule has 0 aromatic carbocycles. The first-order valence-electron chi connectivity index (χ1n) is 3.88. The van der Waals surface area contributed by atoms with Gasteiger partial charge in [0, 0.05) is 6.04 Å². The number of nitrogens with one attached hydrogen (secondary N) is 2. The van der Waals surface area contributed by atoms with Crippen molar-refractivity contribution >= 4 is 6.29 Å². The molecule has 0 aromatic rings. The Kier molecular flexibility index (Phi) is 2.59. The molecule has 11 heavy (non-hydrogen) atoms. The molecule has 1 aliphatic heterocycles. The van der Waals surface area contributed by atoms with E-state index < -0.39 is 0 Å². The third-order valence-electron chi connectivity index (χ3n) is 2.10. The zero-order valence-corrected chi connectivity index (χ0v) is 6.87. The van der Waals surface area contributed by atoms with Gasteiger partial charge in [0.2, 0.25) is 0 Å². The first-order chi connectivity index (χ1) is 5.15. The van der Waals surface area contributed by atoms with E-state index in [1.807, 2.05) is 13.8 Å². The van der Waals surface area contributed by atoms with E-state index in [1.54, 1.807) is 0 Å². The lowest BCUT2D eigenvalue weighted by Gasteiger charge is -2.36. The fraction of sp³-hybridized carbons (Fsp3) is 0.857. The van der Waals surface area contributed by atoms with Crippen LogP contribution in [0, 0.1) is 5.92 Å². The molecular formula is C7H15N3O. The predicted molar refractivity (Wildman–Crippen MR) is 42.7 cm³/mol. The van der Waals surface area contributed by atoms with Gasteiger partial charge in [0.05, 0.1) is 18.2 Å². The Morgan fingerprint density at radius 2 is 2.00 bits per heavy atom. The van der Waals surface area contributed by atoms with Gasteiger partial charge in [-0.15, -0.1) is 0 Å². The monoisotopic (exact) mass is 157 g/mol. The van der Waals surface area contributed by atoms with E-state index in [4.69, 9.17) is 5.73 Å². The Hall–Kier alpha value is -0.450. The van der Waals surface area contributed by atoms with E-state index in [1.165, 1.54) is 0 Å². The fourth-order valence-electron chi connectivity index (χ4n) is 1.47. The molecule has 1 aliphatic rings. The number of hydrogen-bond donors (Lipinski definition) is 3. The lowest BCUT2D eigenvalue weighted by Crippen LogP contribution is -2.64. The van der Waals surface area contributed by atoms with Crippen molar-refractivity contribution in [2.75, 3.05) is 0 Å². The van der Waals surface area contributed by atoms with E-state index in [0.29, 0.717) is 0 Å². The topological polar surface area (TPSA) is 67.2 Å². The van der Waals surface area contributed by atoms with Gasteiger partial charge in [-0.3, -0.25) is 10.6 Å². The summed E-state index contributed by atoms with van der Waals surface area (Å²) in [6.07, 6.45) is 0.885. The number of nitrogens with two attached hydrogens (primary N) is 1. The maximum atomic E-state index is 10.5. The first kappa shape index (κ1) is 8.64. The zero-order valence-electron chi connectivity index (χ0n) is 6.87. The van der Waals surface area contributed by atoms with Crippen molar-refractivity contribution in [2.45, 2.75) is 32.2 Å². The number of carbonyl (C=O) groups is 1. The van der Waals surface area contributed by atoms with Crippen molar-refractivity contribution in [3.63, 3.8) is 0 Å². The zero-order chi connectivity index (χ0) is 8.43. The van der Waals surface area contributed by atoms with Crippen LogP contribution in [0.3, 0.4) is 0 Å². The highest BCUT2D eigenvalue weighted by atomic mass is 16.1. The van der Waals surface area contributed by atoms with E-state index >= 15 is 0 Å². The van der Waals surface area contributed by atoms with Crippen molar-refractivity contribution in [3.8, 4) is 0 Å². The third-order valence-corrected chi connectivity index (χ3v) is 2.10. The maximum absolute atomic E-state index is 10.5. The van der Waals surface area contributed by atoms with E-state index in [0.717, 1.165) is 6.29 Å². The van der Waals surface area contributed by atoms with Crippen LogP contribution >= 0.6 is 0 Å². The molecule has 0 aliphatic carbocycles. The second kappa shape index (κ2) is 3.30. The van der Waals surface area contributed by atoms with Crippen LogP contribution in [-0.4, -0.2) is 24.7 Å². The molecule has 1 rings (SSSR count). The summed E-state index contributed by atoms with van der Waals surface area (Å²) in [6.45, 7) is 3.95. The minimum Gasteiger partial charge on any atom is -0.315 e. The second-order valence-electron chi connectivity index (χ2n) is 3.08. The lowest BCUT2D eigenvalue weighted by atomic mass is 9.97. The number of hydrogen-bond acceptors (Lipinski definition) is 4. The van der Waals surface area contributed by atoms with Crippen LogP contribution in [0.4, 0.5) is 0 Å². The summed E-state index contributed by atoms with van der Waals surface area (Å²) in [5.41, 5.74) is 5.69. The molecule has 0 amide bonds. The normalized spacial score (nSPS) is 45.4. The summed E-state index contributed by atoms with van der Waals surface area (Å²) in [5.74, 6) is -0.119. The Morgan fingerprint density at radius 3 is 2.45 bits per heavy atom. The molecule has 4 nitrogen and oxygen atoms in total. The number of aldehydes is 1. The molecular weight excluding hydrogens is 142 g/mol. The molecule has 0 spiro atoms. The SMILES string of the molecule is CC1N[C@H](C)NC(N)C1C=O. The minimum absolute atomic E-state index is 0.119. The molecule has 4 N–H and O–H groups in total. The van der Waals surface area contributed by atoms with Gasteiger partial charge in [-0.05, 0) is 13.8 Å². The molecule has 64 valence electrons. The minimum atomic E-state index is -0.209. The Labute approximate surface area is 66.5 Å². The molecule has 3 unspecified atom stereocenters. The third kappa shape index (κ3) is 1.77. The molecule has 1 saturated heterocycles. The summed E-state index contributed by atoms with van der Waals surface area (Å²) >= 11 is 0. The molecule has 0 saturated carbocycles. The van der Waals surface area contributed by atoms with Crippen LogP contribution in [-0.2, 0) is 4.79 Å². The van der Waals surface area contributed by atoms with Crippen molar-refractivity contribution in [2.24, 2.45) is 11.7 Å². The largest absolute Gasteiger partial charge is 0.315 e. The second-order valence-corrected chi connectivity index (χ2v) is 3.08. The summed E-state index contributed by atoms with van der Waals surface area (Å²) in [4.78, 5) is 10.5. The highest BCUT2D eigenvalue weighted by Gasteiger charge is 2.29. The predicted octanol–water partition coefficient (Wildman–Crippen LogP) is -0.986. The summed E-state index contributed by atoms with van der Waals surface area (Å²) in [6, 6.07) is 0.166. The van der Waals surface area contributed by atoms with Gasteiger partial charge in [-0.2, -0.15) is 0 Å². The van der Waals surface area contributed by atoms with Crippen molar-refractivity contribution in [1.29, 1.82) is 0 Å². The molecule has 0 bridgehead atoms. The lowest BCUT2D eigenvalue weighted by molar-refractivity contribution is -0.113. The fourth-order valence-corrected chi connectivity index (χ4v) is 1.47. The number of carbonyl (C=O) groups excluding carboxylic acids is 1. The standard InChI is InChI=1S/C7H15N3O/c1-4-6(3-11)7(8)10-5(2)9-4/h3-7,9-10H,8H2,1-2H3/t4?,5-,6?,7?/m0/s1. The number of rotatable bonds is 1. The smallest absolute Gasteiger partial charge is 0.127 e. The summed E-state index contributed by atoms with van der Waals surface area (Å²) in [5, 5.41) is 6.23. The van der Waals surface area contributed by atoms with Crippen LogP contribution in [0.25, 0.3) is 0 Å². The Morgan fingerprint density at radius 1 is 1.36 bits per heavy atom. The van der Waals surface area contributed by atoms with Gasteiger partial charge < -0.3 is 10.5 Å². The van der Waals surface area contributed by atoms with E-state index in [9.17, 15) is 4.79 Å². The molecule has 0 radical (unpaired) electrons. The van der Waals surface area contributed by atoms with Crippen LogP contribution in [0.5, 0.6) is 0 Å². The average molecular weight is 157 g/mol. The van der Waals surface area contributed by atoms with Gasteiger partial charge in [0.15, 0.2) is 0 Å². The Bertz CT molecular complexity index is 139. The van der Waals surface area contributed by atoms with E-state index in [-0.39, 0.29) is 24.3 Å². The highest BCUT2D eigenvalue weighted by Crippen LogP contribution is 2.08. The molecule has 4 atom stereocenters. The Balaban J connectivity index is 2.58. The summed E-state index contributed by atoms with van der Waals surface area (Å²) in [7, 11) is 0. The van der Waals surface area contributed by atoms with Gasteiger partial charge in [-0.25, -0.2) is 0 Å². The van der Waals surface area contributed by atoms with Crippen molar-refractivity contribution < 1.29 is 4.79 Å². The van der Waals surface area contributed by atoms with Gasteiger partial charge >= 0.3 is 0 Å². The van der Waals surface area contributed by atoms with Gasteiger partial charge in [0.25, 0.3) is 0 Å². The first-order valence-corrected chi connectivity index (χ1v) is 3.88. The van der Waals surface area contributed by atoms with Crippen LogP contribution in [0.1, 0.15) is 13.8 Å². The van der Waals surface area contributed by atoms with Gasteiger partial charge in [-0.1, -0.05) is 0 Å². The van der Waals surface area contributed by atoms with Crippen LogP contribution < -0.4 is 16.4 Å². The quantitative estimate of drug-likeness (QED) is 0.428. The molecule has 1 fully saturated rings. The average Bonchev–Trinajstić information content (AvgIpc) is 1.85. The van der Waals surface area contributed by atoms with Crippen molar-refractivity contribution in [3.05, 3.63) is 0 Å².